The van der Waals surface area contributed by atoms with E-state index in [0.717, 1.165) is 22.9 Å². The fourth-order valence-electron chi connectivity index (χ4n) is 2.69. The molecule has 1 aliphatic carbocycles. The third kappa shape index (κ3) is 2.71. The molecule has 0 amide bonds. The fraction of sp³-hybridized carbons (Fsp3) is 0.643. The van der Waals surface area contributed by atoms with Crippen molar-refractivity contribution in [1.82, 2.24) is 0 Å². The summed E-state index contributed by atoms with van der Waals surface area (Å²) in [5, 5.41) is 0. The van der Waals surface area contributed by atoms with Gasteiger partial charge in [0.2, 0.25) is 0 Å². The summed E-state index contributed by atoms with van der Waals surface area (Å²) in [6.45, 7) is 6.03. The van der Waals surface area contributed by atoms with Crippen molar-refractivity contribution in [3.8, 4) is 0 Å². The summed E-state index contributed by atoms with van der Waals surface area (Å²) in [4.78, 5) is 4.64. The number of nitrogens with zero attached hydrogens (tertiary/aromatic N) is 1. The van der Waals surface area contributed by atoms with Crippen LogP contribution in [0.3, 0.4) is 0 Å². The second-order valence-corrected chi connectivity index (χ2v) is 5.08. The van der Waals surface area contributed by atoms with Crippen LogP contribution in [0.2, 0.25) is 0 Å². The number of rotatable bonds is 3. The summed E-state index contributed by atoms with van der Waals surface area (Å²) >= 11 is 0. The highest BCUT2D eigenvalue weighted by Crippen LogP contribution is 2.28. The molecule has 1 heterocycles. The van der Waals surface area contributed by atoms with E-state index >= 15 is 0 Å². The van der Waals surface area contributed by atoms with E-state index in [1.165, 1.54) is 25.7 Å². The normalized spacial score (nSPS) is 19.8. The molecule has 2 rings (SSSR count). The molecule has 1 saturated carbocycles. The number of hydrogen-bond acceptors (Lipinski definition) is 2. The first kappa shape index (κ1) is 12.2. The van der Waals surface area contributed by atoms with Crippen molar-refractivity contribution >= 4 is 5.84 Å². The zero-order chi connectivity index (χ0) is 12.4. The predicted octanol–water partition coefficient (Wildman–Crippen LogP) is 3.50. The number of aryl methyl sites for hydroxylation is 2. The topological polar surface area (TPSA) is 51.5 Å². The van der Waals surface area contributed by atoms with Crippen LogP contribution in [0, 0.1) is 19.8 Å². The van der Waals surface area contributed by atoms with Crippen LogP contribution in [-0.2, 0) is 0 Å². The highest BCUT2D eigenvalue weighted by molar-refractivity contribution is 5.83. The minimum atomic E-state index is 0.105. The Hall–Kier alpha value is -1.25. The van der Waals surface area contributed by atoms with Gasteiger partial charge in [-0.25, -0.2) is 0 Å². The Morgan fingerprint density at radius 3 is 2.59 bits per heavy atom. The largest absolute Gasteiger partial charge is 0.466 e. The molecule has 1 aliphatic rings. The molecule has 1 unspecified atom stereocenters. The van der Waals surface area contributed by atoms with Gasteiger partial charge in [0.25, 0.3) is 0 Å². The van der Waals surface area contributed by atoms with Crippen molar-refractivity contribution in [2.45, 2.75) is 52.5 Å². The molecule has 0 saturated heterocycles. The molecular formula is C14H22N2O. The third-order valence-corrected chi connectivity index (χ3v) is 3.65. The van der Waals surface area contributed by atoms with Crippen molar-refractivity contribution in [1.29, 1.82) is 0 Å². The van der Waals surface area contributed by atoms with Crippen LogP contribution >= 0.6 is 0 Å². The number of hydrogen-bond donors (Lipinski definition) is 1. The summed E-state index contributed by atoms with van der Waals surface area (Å²) in [6.07, 6.45) is 4.98. The van der Waals surface area contributed by atoms with E-state index in [1.807, 2.05) is 13.8 Å². The van der Waals surface area contributed by atoms with Crippen LogP contribution in [0.15, 0.2) is 15.5 Å². The van der Waals surface area contributed by atoms with Gasteiger partial charge < -0.3 is 10.2 Å². The standard InChI is InChI=1S/C14H22N2O/c1-9-8-13(11(3)17-9)10(2)16-14(15)12-6-4-5-7-12/h8,10,12H,4-7H2,1-3H3,(H2,15,16). The minimum Gasteiger partial charge on any atom is -0.466 e. The molecule has 94 valence electrons. The third-order valence-electron chi connectivity index (χ3n) is 3.65. The van der Waals surface area contributed by atoms with E-state index in [9.17, 15) is 0 Å². The molecule has 1 aromatic heterocycles. The van der Waals surface area contributed by atoms with Crippen molar-refractivity contribution in [3.05, 3.63) is 23.2 Å². The lowest BCUT2D eigenvalue weighted by Crippen LogP contribution is -2.22. The van der Waals surface area contributed by atoms with Gasteiger partial charge >= 0.3 is 0 Å². The van der Waals surface area contributed by atoms with Gasteiger partial charge in [-0.1, -0.05) is 12.8 Å². The van der Waals surface area contributed by atoms with Crippen LogP contribution in [0.25, 0.3) is 0 Å². The maximum Gasteiger partial charge on any atom is 0.106 e. The van der Waals surface area contributed by atoms with E-state index in [0.29, 0.717) is 5.92 Å². The summed E-state index contributed by atoms with van der Waals surface area (Å²) < 4.78 is 5.53. The lowest BCUT2D eigenvalue weighted by molar-refractivity contribution is 0.499. The molecule has 1 aromatic rings. The molecule has 0 aromatic carbocycles. The van der Waals surface area contributed by atoms with E-state index < -0.39 is 0 Å². The Morgan fingerprint density at radius 1 is 1.41 bits per heavy atom. The molecule has 0 spiro atoms. The zero-order valence-corrected chi connectivity index (χ0v) is 11.0. The Balaban J connectivity index is 2.12. The Morgan fingerprint density at radius 2 is 2.06 bits per heavy atom. The van der Waals surface area contributed by atoms with Gasteiger partial charge in [0.05, 0.1) is 11.9 Å². The summed E-state index contributed by atoms with van der Waals surface area (Å²) in [5.41, 5.74) is 7.25. The predicted molar refractivity (Wildman–Crippen MR) is 70.2 cm³/mol. The van der Waals surface area contributed by atoms with Gasteiger partial charge in [-0.2, -0.15) is 0 Å². The highest BCUT2D eigenvalue weighted by Gasteiger charge is 2.20. The van der Waals surface area contributed by atoms with E-state index in [1.54, 1.807) is 0 Å². The molecule has 0 aliphatic heterocycles. The quantitative estimate of drug-likeness (QED) is 0.642. The second kappa shape index (κ2) is 4.94. The first-order valence-corrected chi connectivity index (χ1v) is 6.48. The van der Waals surface area contributed by atoms with Crippen LogP contribution in [-0.4, -0.2) is 5.84 Å². The molecule has 2 N–H and O–H groups in total. The first-order valence-electron chi connectivity index (χ1n) is 6.48. The Kier molecular flexibility index (Phi) is 3.55. The summed E-state index contributed by atoms with van der Waals surface area (Å²) in [7, 11) is 0. The SMILES string of the molecule is Cc1cc(C(C)N=C(N)C2CCCC2)c(C)o1. The van der Waals surface area contributed by atoms with Gasteiger partial charge in [0, 0.05) is 11.5 Å². The van der Waals surface area contributed by atoms with Gasteiger partial charge in [-0.05, 0) is 39.7 Å². The second-order valence-electron chi connectivity index (χ2n) is 5.08. The van der Waals surface area contributed by atoms with Gasteiger partial charge in [0.1, 0.15) is 11.5 Å². The number of amidine groups is 1. The average molecular weight is 234 g/mol. The molecule has 3 heteroatoms. The minimum absolute atomic E-state index is 0.105. The Labute approximate surface area is 103 Å². The van der Waals surface area contributed by atoms with E-state index in [-0.39, 0.29) is 6.04 Å². The van der Waals surface area contributed by atoms with Crippen molar-refractivity contribution < 1.29 is 4.42 Å². The maximum atomic E-state index is 6.09. The average Bonchev–Trinajstić information content (AvgIpc) is 2.87. The highest BCUT2D eigenvalue weighted by atomic mass is 16.3. The summed E-state index contributed by atoms with van der Waals surface area (Å²) in [5.74, 6) is 3.23. The van der Waals surface area contributed by atoms with E-state index in [2.05, 4.69) is 18.0 Å². The fourth-order valence-corrected chi connectivity index (χ4v) is 2.69. The number of nitrogens with two attached hydrogens (primary N) is 1. The molecule has 1 atom stereocenters. The lowest BCUT2D eigenvalue weighted by Gasteiger charge is -2.12. The molecule has 0 bridgehead atoms. The maximum absolute atomic E-state index is 6.09. The number of aliphatic imine (C=N–C) groups is 1. The molecule has 17 heavy (non-hydrogen) atoms. The van der Waals surface area contributed by atoms with Gasteiger partial charge in [-0.15, -0.1) is 0 Å². The van der Waals surface area contributed by atoms with Gasteiger partial charge in [0.15, 0.2) is 0 Å². The number of furan rings is 1. The molecule has 3 nitrogen and oxygen atoms in total. The molecular weight excluding hydrogens is 212 g/mol. The van der Waals surface area contributed by atoms with Crippen LogP contribution < -0.4 is 5.73 Å². The lowest BCUT2D eigenvalue weighted by atomic mass is 10.1. The monoisotopic (exact) mass is 234 g/mol. The van der Waals surface area contributed by atoms with Crippen LogP contribution in [0.5, 0.6) is 0 Å². The molecule has 1 fully saturated rings. The van der Waals surface area contributed by atoms with Gasteiger partial charge in [-0.3, -0.25) is 4.99 Å². The van der Waals surface area contributed by atoms with E-state index in [4.69, 9.17) is 10.2 Å². The Bertz CT molecular complexity index is 414. The van der Waals surface area contributed by atoms with Crippen molar-refractivity contribution in [2.24, 2.45) is 16.6 Å². The first-order chi connectivity index (χ1) is 8.08. The van der Waals surface area contributed by atoms with Crippen LogP contribution in [0.1, 0.15) is 55.7 Å². The summed E-state index contributed by atoms with van der Waals surface area (Å²) in [6, 6.07) is 2.17. The van der Waals surface area contributed by atoms with Crippen molar-refractivity contribution in [3.63, 3.8) is 0 Å². The molecule has 0 radical (unpaired) electrons. The smallest absolute Gasteiger partial charge is 0.106 e. The zero-order valence-electron chi connectivity index (χ0n) is 11.0. The van der Waals surface area contributed by atoms with Crippen molar-refractivity contribution in [2.75, 3.05) is 0 Å². The van der Waals surface area contributed by atoms with Crippen LogP contribution in [0.4, 0.5) is 0 Å².